The van der Waals surface area contributed by atoms with E-state index < -0.39 is 10.2 Å². The Morgan fingerprint density at radius 1 is 1.19 bits per heavy atom. The van der Waals surface area contributed by atoms with Crippen molar-refractivity contribution in [3.05, 3.63) is 42.1 Å². The quantitative estimate of drug-likeness (QED) is 0.740. The average Bonchev–Trinajstić information content (AvgIpc) is 3.14. The second-order valence-electron chi connectivity index (χ2n) is 5.83. The lowest BCUT2D eigenvalue weighted by Gasteiger charge is -2.32. The third kappa shape index (κ3) is 4.76. The Balaban J connectivity index is 1.54. The molecule has 0 unspecified atom stereocenters. The molecule has 2 aromatic rings. The molecule has 1 fully saturated rings. The summed E-state index contributed by atoms with van der Waals surface area (Å²) in [5.74, 6) is 1.26. The second-order valence-corrected chi connectivity index (χ2v) is 7.37. The van der Waals surface area contributed by atoms with E-state index in [2.05, 4.69) is 4.98 Å². The van der Waals surface area contributed by atoms with E-state index in [0.717, 1.165) is 4.31 Å². The summed E-state index contributed by atoms with van der Waals surface area (Å²) in [6.07, 6.45) is 1.26. The molecule has 0 radical (unpaired) electrons. The zero-order valence-electron chi connectivity index (χ0n) is 14.7. The molecular weight excluding hydrogens is 376 g/mol. The van der Waals surface area contributed by atoms with Gasteiger partial charge in [0.05, 0.1) is 7.11 Å². The van der Waals surface area contributed by atoms with Gasteiger partial charge in [-0.15, -0.1) is 0 Å². The number of carbonyl (C=O) groups is 1. The van der Waals surface area contributed by atoms with E-state index in [9.17, 15) is 13.2 Å². The molecule has 1 aliphatic heterocycles. The molecule has 1 amide bonds. The van der Waals surface area contributed by atoms with E-state index in [1.807, 2.05) is 0 Å². The highest BCUT2D eigenvalue weighted by Crippen LogP contribution is 2.18. The minimum absolute atomic E-state index is 0.0683. The van der Waals surface area contributed by atoms with E-state index in [1.54, 1.807) is 31.4 Å². The summed E-state index contributed by atoms with van der Waals surface area (Å²) in [6, 6.07) is 7.03. The van der Waals surface area contributed by atoms with Crippen molar-refractivity contribution in [2.24, 2.45) is 5.14 Å². The fourth-order valence-corrected chi connectivity index (χ4v) is 3.27. The highest BCUT2D eigenvalue weighted by atomic mass is 32.2. The Hall–Kier alpha value is -2.63. The Morgan fingerprint density at radius 3 is 2.41 bits per heavy atom. The van der Waals surface area contributed by atoms with E-state index in [-0.39, 0.29) is 50.3 Å². The number of rotatable bonds is 6. The SMILES string of the molecule is COc1ccc(OCc2nc(C(=O)N3CCN(S(N)(=O)=O)CC3)co2)cc1. The molecule has 1 aliphatic rings. The van der Waals surface area contributed by atoms with E-state index in [0.29, 0.717) is 11.5 Å². The van der Waals surface area contributed by atoms with Gasteiger partial charge in [-0.3, -0.25) is 4.79 Å². The number of aromatic nitrogens is 1. The number of amides is 1. The van der Waals surface area contributed by atoms with Crippen molar-refractivity contribution in [1.29, 1.82) is 0 Å². The molecule has 3 rings (SSSR count). The third-order valence-corrected chi connectivity index (χ3v) is 5.16. The van der Waals surface area contributed by atoms with Crippen LogP contribution in [-0.4, -0.2) is 61.8 Å². The summed E-state index contributed by atoms with van der Waals surface area (Å²) in [6.45, 7) is 0.837. The van der Waals surface area contributed by atoms with Crippen molar-refractivity contribution >= 4 is 16.1 Å². The zero-order chi connectivity index (χ0) is 19.4. The minimum atomic E-state index is -3.74. The first kappa shape index (κ1) is 19.1. The number of nitrogens with zero attached hydrogens (tertiary/aromatic N) is 3. The summed E-state index contributed by atoms with van der Waals surface area (Å²) in [5.41, 5.74) is 0.146. The first-order valence-corrected chi connectivity index (χ1v) is 9.65. The lowest BCUT2D eigenvalue weighted by atomic mass is 10.3. The fourth-order valence-electron chi connectivity index (χ4n) is 2.60. The van der Waals surface area contributed by atoms with Gasteiger partial charge >= 0.3 is 0 Å². The van der Waals surface area contributed by atoms with Crippen LogP contribution in [0.2, 0.25) is 0 Å². The molecule has 1 aromatic carbocycles. The molecule has 0 aliphatic carbocycles. The highest BCUT2D eigenvalue weighted by Gasteiger charge is 2.28. The first-order valence-electron chi connectivity index (χ1n) is 8.15. The van der Waals surface area contributed by atoms with E-state index in [1.165, 1.54) is 11.2 Å². The molecule has 11 heteroatoms. The smallest absolute Gasteiger partial charge is 0.277 e. The van der Waals surface area contributed by atoms with Crippen LogP contribution in [0.15, 0.2) is 34.9 Å². The van der Waals surface area contributed by atoms with Crippen LogP contribution in [0.25, 0.3) is 0 Å². The van der Waals surface area contributed by atoms with Gasteiger partial charge in [0.15, 0.2) is 12.3 Å². The van der Waals surface area contributed by atoms with E-state index in [4.69, 9.17) is 19.0 Å². The van der Waals surface area contributed by atoms with Gasteiger partial charge in [0.2, 0.25) is 5.89 Å². The molecule has 10 nitrogen and oxygen atoms in total. The number of benzene rings is 1. The summed E-state index contributed by atoms with van der Waals surface area (Å²) in [4.78, 5) is 18.1. The van der Waals surface area contributed by atoms with Crippen LogP contribution in [0.4, 0.5) is 0 Å². The first-order chi connectivity index (χ1) is 12.9. The van der Waals surface area contributed by atoms with E-state index >= 15 is 0 Å². The maximum absolute atomic E-state index is 12.5. The van der Waals surface area contributed by atoms with Gasteiger partial charge in [0, 0.05) is 26.2 Å². The lowest BCUT2D eigenvalue weighted by Crippen LogP contribution is -2.52. The van der Waals surface area contributed by atoms with Crippen molar-refractivity contribution in [3.63, 3.8) is 0 Å². The molecule has 2 N–H and O–H groups in total. The molecule has 1 saturated heterocycles. The number of hydrogen-bond donors (Lipinski definition) is 1. The Bertz CT molecular complexity index is 888. The van der Waals surface area contributed by atoms with Crippen LogP contribution in [-0.2, 0) is 16.8 Å². The van der Waals surface area contributed by atoms with Gasteiger partial charge in [-0.2, -0.15) is 12.7 Å². The number of ether oxygens (including phenoxy) is 2. The Kier molecular flexibility index (Phi) is 5.63. The van der Waals surface area contributed by atoms with Crippen LogP contribution in [0.5, 0.6) is 11.5 Å². The summed E-state index contributed by atoms with van der Waals surface area (Å²) in [7, 11) is -2.16. The maximum Gasteiger partial charge on any atom is 0.277 e. The van der Waals surface area contributed by atoms with Crippen molar-refractivity contribution in [1.82, 2.24) is 14.2 Å². The largest absolute Gasteiger partial charge is 0.497 e. The van der Waals surface area contributed by atoms with Gasteiger partial charge in [-0.25, -0.2) is 10.1 Å². The Morgan fingerprint density at radius 2 is 1.81 bits per heavy atom. The van der Waals surface area contributed by atoms with Crippen molar-refractivity contribution in [2.75, 3.05) is 33.3 Å². The molecular formula is C16H20N4O6S. The molecule has 0 bridgehead atoms. The van der Waals surface area contributed by atoms with Crippen molar-refractivity contribution < 1.29 is 27.1 Å². The Labute approximate surface area is 156 Å². The number of piperazine rings is 1. The fraction of sp³-hybridized carbons (Fsp3) is 0.375. The summed E-state index contributed by atoms with van der Waals surface area (Å²) >= 11 is 0. The van der Waals surface area contributed by atoms with Crippen molar-refractivity contribution in [3.8, 4) is 11.5 Å². The van der Waals surface area contributed by atoms with Crippen LogP contribution in [0.3, 0.4) is 0 Å². The van der Waals surface area contributed by atoms with Crippen LogP contribution in [0.1, 0.15) is 16.4 Å². The van der Waals surface area contributed by atoms with Crippen LogP contribution >= 0.6 is 0 Å². The topological polar surface area (TPSA) is 128 Å². The molecule has 2 heterocycles. The van der Waals surface area contributed by atoms with Gasteiger partial charge in [-0.05, 0) is 24.3 Å². The number of carbonyl (C=O) groups excluding carboxylic acids is 1. The molecule has 0 saturated carbocycles. The lowest BCUT2D eigenvalue weighted by molar-refractivity contribution is 0.0692. The zero-order valence-corrected chi connectivity index (χ0v) is 15.5. The number of methoxy groups -OCH3 is 1. The van der Waals surface area contributed by atoms with Gasteiger partial charge in [0.25, 0.3) is 16.1 Å². The standard InChI is InChI=1S/C16H20N4O6S/c1-24-12-2-4-13(5-3-12)25-11-15-18-14(10-26-15)16(21)19-6-8-20(9-7-19)27(17,22)23/h2-5,10H,6-9,11H2,1H3,(H2,17,22,23). The predicted octanol–water partition coefficient (Wildman–Crippen LogP) is 0.224. The summed E-state index contributed by atoms with van der Waals surface area (Å²) in [5, 5.41) is 5.09. The number of hydrogen-bond acceptors (Lipinski definition) is 7. The molecule has 1 aromatic heterocycles. The van der Waals surface area contributed by atoms with Crippen molar-refractivity contribution in [2.45, 2.75) is 6.61 Å². The van der Waals surface area contributed by atoms with Gasteiger partial charge < -0.3 is 18.8 Å². The maximum atomic E-state index is 12.5. The average molecular weight is 396 g/mol. The van der Waals surface area contributed by atoms with Gasteiger partial charge in [0.1, 0.15) is 17.8 Å². The minimum Gasteiger partial charge on any atom is -0.497 e. The normalized spacial score (nSPS) is 15.6. The highest BCUT2D eigenvalue weighted by molar-refractivity contribution is 7.86. The molecule has 0 spiro atoms. The number of nitrogens with two attached hydrogens (primary N) is 1. The summed E-state index contributed by atoms with van der Waals surface area (Å²) < 4.78 is 39.7. The predicted molar refractivity (Wildman–Crippen MR) is 94.4 cm³/mol. The third-order valence-electron chi connectivity index (χ3n) is 4.08. The molecule has 27 heavy (non-hydrogen) atoms. The van der Waals surface area contributed by atoms with Crippen LogP contribution in [0, 0.1) is 0 Å². The monoisotopic (exact) mass is 396 g/mol. The number of oxazole rings is 1. The van der Waals surface area contributed by atoms with Crippen LogP contribution < -0.4 is 14.6 Å². The molecule has 146 valence electrons. The second kappa shape index (κ2) is 7.94. The van der Waals surface area contributed by atoms with Gasteiger partial charge in [-0.1, -0.05) is 0 Å². The molecule has 0 atom stereocenters.